The molecule has 9 heavy (non-hydrogen) atoms. The molecule has 0 unspecified atom stereocenters. The van der Waals surface area contributed by atoms with Gasteiger partial charge in [-0.1, -0.05) is 0 Å². The Morgan fingerprint density at radius 3 is 2.78 bits per heavy atom. The molecule has 1 aromatic heterocycles. The van der Waals surface area contributed by atoms with Gasteiger partial charge in [0, 0.05) is 25.5 Å². The molecule has 0 atom stereocenters. The van der Waals surface area contributed by atoms with Gasteiger partial charge in [0.1, 0.15) is 0 Å². The molecular formula is C6H6BrNO. The highest BCUT2D eigenvalue weighted by molar-refractivity contribution is 9.10. The lowest BCUT2D eigenvalue weighted by atomic mass is 10.5. The first-order valence-corrected chi connectivity index (χ1v) is 3.31. The van der Waals surface area contributed by atoms with Crippen LogP contribution >= 0.6 is 15.9 Å². The Labute approximate surface area is 61.3 Å². The number of nitrogens with zero attached hydrogens (tertiary/aromatic N) is 1. The van der Waals surface area contributed by atoms with E-state index in [1.54, 1.807) is 12.4 Å². The number of aromatic nitrogens is 1. The lowest BCUT2D eigenvalue weighted by Crippen LogP contribution is -2.02. The molecule has 2 nitrogen and oxygen atoms in total. The van der Waals surface area contributed by atoms with Crippen molar-refractivity contribution in [2.75, 3.05) is 0 Å². The molecule has 3 heteroatoms. The van der Waals surface area contributed by atoms with E-state index in [-0.39, 0.29) is 5.43 Å². The van der Waals surface area contributed by atoms with Gasteiger partial charge in [0.15, 0.2) is 5.43 Å². The quantitative estimate of drug-likeness (QED) is 0.598. The van der Waals surface area contributed by atoms with Gasteiger partial charge in [-0.15, -0.1) is 0 Å². The van der Waals surface area contributed by atoms with Crippen molar-refractivity contribution >= 4 is 15.9 Å². The van der Waals surface area contributed by atoms with Gasteiger partial charge in [-0.05, 0) is 15.9 Å². The molecule has 0 amide bonds. The molecule has 0 spiro atoms. The van der Waals surface area contributed by atoms with Crippen LogP contribution in [0.15, 0.2) is 27.7 Å². The van der Waals surface area contributed by atoms with Crippen LogP contribution in [0, 0.1) is 0 Å². The first-order valence-electron chi connectivity index (χ1n) is 2.52. The van der Waals surface area contributed by atoms with E-state index in [0.717, 1.165) is 0 Å². The van der Waals surface area contributed by atoms with Gasteiger partial charge in [0.2, 0.25) is 0 Å². The minimum Gasteiger partial charge on any atom is -0.356 e. The molecule has 0 aromatic carbocycles. The standard InChI is InChI=1S/C6H6BrNO/c1-8-3-2-6(9)5(7)4-8/h2-4H,1H3. The topological polar surface area (TPSA) is 22.0 Å². The summed E-state index contributed by atoms with van der Waals surface area (Å²) in [6.45, 7) is 0. The molecule has 0 fully saturated rings. The van der Waals surface area contributed by atoms with Crippen LogP contribution in [-0.4, -0.2) is 4.57 Å². The summed E-state index contributed by atoms with van der Waals surface area (Å²) in [5.74, 6) is 0. The van der Waals surface area contributed by atoms with Crippen LogP contribution < -0.4 is 5.43 Å². The molecule has 0 saturated carbocycles. The molecule has 1 rings (SSSR count). The molecule has 0 aliphatic heterocycles. The lowest BCUT2D eigenvalue weighted by molar-refractivity contribution is 0.894. The maximum Gasteiger partial charge on any atom is 0.195 e. The Kier molecular flexibility index (Phi) is 1.71. The van der Waals surface area contributed by atoms with E-state index in [1.807, 2.05) is 11.6 Å². The van der Waals surface area contributed by atoms with Crippen molar-refractivity contribution in [2.45, 2.75) is 0 Å². The Hall–Kier alpha value is -0.570. The minimum atomic E-state index is 0.0214. The molecule has 0 aliphatic carbocycles. The third-order valence-electron chi connectivity index (χ3n) is 1.01. The molecule has 1 heterocycles. The van der Waals surface area contributed by atoms with Crippen molar-refractivity contribution in [1.82, 2.24) is 4.57 Å². The number of aryl methyl sites for hydroxylation is 1. The van der Waals surface area contributed by atoms with Crippen molar-refractivity contribution in [1.29, 1.82) is 0 Å². The smallest absolute Gasteiger partial charge is 0.195 e. The molecule has 1 aromatic rings. The number of pyridine rings is 1. The second kappa shape index (κ2) is 2.35. The number of rotatable bonds is 0. The predicted molar refractivity (Wildman–Crippen MR) is 39.4 cm³/mol. The average molecular weight is 188 g/mol. The van der Waals surface area contributed by atoms with Crippen LogP contribution in [0.25, 0.3) is 0 Å². The van der Waals surface area contributed by atoms with E-state index < -0.39 is 0 Å². The van der Waals surface area contributed by atoms with Gasteiger partial charge in [-0.3, -0.25) is 4.79 Å². The monoisotopic (exact) mass is 187 g/mol. The Morgan fingerprint density at radius 1 is 1.67 bits per heavy atom. The van der Waals surface area contributed by atoms with Crippen molar-refractivity contribution in [3.8, 4) is 0 Å². The fraction of sp³-hybridized carbons (Fsp3) is 0.167. The second-order valence-electron chi connectivity index (χ2n) is 1.82. The van der Waals surface area contributed by atoms with Gasteiger partial charge < -0.3 is 4.57 Å². The summed E-state index contributed by atoms with van der Waals surface area (Å²) < 4.78 is 2.42. The van der Waals surface area contributed by atoms with Crippen LogP contribution in [0.5, 0.6) is 0 Å². The minimum absolute atomic E-state index is 0.0214. The number of halogens is 1. The van der Waals surface area contributed by atoms with Crippen molar-refractivity contribution in [3.63, 3.8) is 0 Å². The molecule has 0 aliphatic rings. The maximum absolute atomic E-state index is 10.7. The number of hydrogen-bond acceptors (Lipinski definition) is 1. The molecule has 0 bridgehead atoms. The third-order valence-corrected chi connectivity index (χ3v) is 1.61. The summed E-state index contributed by atoms with van der Waals surface area (Å²) in [6, 6.07) is 1.52. The van der Waals surface area contributed by atoms with E-state index in [2.05, 4.69) is 15.9 Å². The van der Waals surface area contributed by atoms with Gasteiger partial charge in [-0.2, -0.15) is 0 Å². The Bertz CT molecular complexity index is 266. The first-order chi connectivity index (χ1) is 4.20. The highest BCUT2D eigenvalue weighted by atomic mass is 79.9. The van der Waals surface area contributed by atoms with Gasteiger partial charge in [0.25, 0.3) is 0 Å². The van der Waals surface area contributed by atoms with Crippen LogP contribution in [-0.2, 0) is 7.05 Å². The normalized spacial score (nSPS) is 9.56. The first kappa shape index (κ1) is 6.55. The lowest BCUT2D eigenvalue weighted by Gasteiger charge is -1.94. The van der Waals surface area contributed by atoms with Crippen molar-refractivity contribution in [2.24, 2.45) is 7.05 Å². The summed E-state index contributed by atoms with van der Waals surface area (Å²) in [5, 5.41) is 0. The second-order valence-corrected chi connectivity index (χ2v) is 2.68. The van der Waals surface area contributed by atoms with Crippen molar-refractivity contribution < 1.29 is 0 Å². The van der Waals surface area contributed by atoms with E-state index in [4.69, 9.17) is 0 Å². The van der Waals surface area contributed by atoms with E-state index >= 15 is 0 Å². The van der Waals surface area contributed by atoms with Crippen LogP contribution in [0.4, 0.5) is 0 Å². The largest absolute Gasteiger partial charge is 0.356 e. The van der Waals surface area contributed by atoms with E-state index in [0.29, 0.717) is 4.47 Å². The highest BCUT2D eigenvalue weighted by Crippen LogP contribution is 1.98. The van der Waals surface area contributed by atoms with Crippen LogP contribution in [0.2, 0.25) is 0 Å². The van der Waals surface area contributed by atoms with E-state index in [9.17, 15) is 4.79 Å². The third kappa shape index (κ3) is 1.42. The summed E-state index contributed by atoms with van der Waals surface area (Å²) >= 11 is 3.11. The molecule has 0 N–H and O–H groups in total. The van der Waals surface area contributed by atoms with Crippen LogP contribution in [0.1, 0.15) is 0 Å². The van der Waals surface area contributed by atoms with E-state index in [1.165, 1.54) is 6.07 Å². The summed E-state index contributed by atoms with van der Waals surface area (Å²) in [7, 11) is 1.87. The zero-order valence-corrected chi connectivity index (χ0v) is 6.55. The summed E-state index contributed by atoms with van der Waals surface area (Å²) in [5.41, 5.74) is 0.0214. The van der Waals surface area contributed by atoms with Gasteiger partial charge >= 0.3 is 0 Å². The SMILES string of the molecule is Cn1ccc(=O)c(Br)c1. The summed E-state index contributed by atoms with van der Waals surface area (Å²) in [6.07, 6.45) is 3.44. The van der Waals surface area contributed by atoms with Gasteiger partial charge in [0.05, 0.1) is 4.47 Å². The zero-order chi connectivity index (χ0) is 6.85. The fourth-order valence-electron chi connectivity index (χ4n) is 0.550. The highest BCUT2D eigenvalue weighted by Gasteiger charge is 1.89. The maximum atomic E-state index is 10.7. The van der Waals surface area contributed by atoms with Crippen molar-refractivity contribution in [3.05, 3.63) is 33.2 Å². The zero-order valence-electron chi connectivity index (χ0n) is 4.97. The molecule has 48 valence electrons. The molecule has 0 saturated heterocycles. The average Bonchev–Trinajstić information content (AvgIpc) is 1.80. The summed E-state index contributed by atoms with van der Waals surface area (Å²) in [4.78, 5) is 10.7. The Balaban J connectivity index is 3.34. The van der Waals surface area contributed by atoms with Gasteiger partial charge in [-0.25, -0.2) is 0 Å². The predicted octanol–water partition coefficient (Wildman–Crippen LogP) is 1.15. The molecule has 0 radical (unpaired) electrons. The molecular weight excluding hydrogens is 182 g/mol. The Morgan fingerprint density at radius 2 is 2.33 bits per heavy atom. The fourth-order valence-corrected chi connectivity index (χ4v) is 1.01. The number of hydrogen-bond donors (Lipinski definition) is 0. The van der Waals surface area contributed by atoms with Crippen LogP contribution in [0.3, 0.4) is 0 Å².